The molecule has 2 aromatic carbocycles. The first-order valence-electron chi connectivity index (χ1n) is 13.8. The van der Waals surface area contributed by atoms with Gasteiger partial charge in [0.1, 0.15) is 16.7 Å². The SMILES string of the molecule is CC.O=C(NCc1ccnc(Cl)c1)N1CC2(CCN(C/C=C/c3ccc(F)cc3)CC2)c2c(OC(F)(F)F)cccc21. The van der Waals surface area contributed by atoms with Gasteiger partial charge in [-0.3, -0.25) is 9.80 Å². The molecule has 0 unspecified atom stereocenters. The number of benzene rings is 2. The highest BCUT2D eigenvalue weighted by Crippen LogP contribution is 2.52. The topological polar surface area (TPSA) is 57.7 Å². The first-order valence-corrected chi connectivity index (χ1v) is 14.2. The molecule has 0 aliphatic carbocycles. The largest absolute Gasteiger partial charge is 0.573 e. The summed E-state index contributed by atoms with van der Waals surface area (Å²) in [6.45, 7) is 6.31. The molecule has 2 amide bonds. The number of hydrogen-bond donors (Lipinski definition) is 1. The molecule has 0 saturated carbocycles. The van der Waals surface area contributed by atoms with E-state index in [0.29, 0.717) is 48.9 Å². The molecule has 1 fully saturated rings. The van der Waals surface area contributed by atoms with Crippen molar-refractivity contribution >= 4 is 29.4 Å². The van der Waals surface area contributed by atoms with Gasteiger partial charge in [0.05, 0.1) is 5.69 Å². The average Bonchev–Trinajstić information content (AvgIpc) is 3.29. The number of nitrogens with one attached hydrogen (secondary N) is 1. The summed E-state index contributed by atoms with van der Waals surface area (Å²) in [6, 6.07) is 13.6. The minimum atomic E-state index is -4.86. The standard InChI is InChI=1S/C29H27ClF4N4O2.C2H6/c30-25-17-21(10-13-35-25)18-36-27(39)38-19-28(26-23(38)4-1-5-24(26)40-29(32,33)34)11-15-37(16-12-28)14-2-3-20-6-8-22(31)9-7-20;1-2/h1-10,13,17H,11-12,14-16,18-19H2,(H,36,39);1-2H3/b3-2+;. The Kier molecular flexibility index (Phi) is 10.1. The van der Waals surface area contributed by atoms with Crippen molar-refractivity contribution < 1.29 is 27.1 Å². The van der Waals surface area contributed by atoms with E-state index < -0.39 is 17.8 Å². The zero-order valence-electron chi connectivity index (χ0n) is 23.4. The molecule has 3 heterocycles. The number of urea groups is 1. The molecule has 5 rings (SSSR count). The molecular formula is C31H33ClF4N4O2. The van der Waals surface area contributed by atoms with Crippen LogP contribution in [0.3, 0.4) is 0 Å². The fourth-order valence-electron chi connectivity index (χ4n) is 5.44. The van der Waals surface area contributed by atoms with Crippen LogP contribution in [0.1, 0.15) is 43.4 Å². The van der Waals surface area contributed by atoms with E-state index in [0.717, 1.165) is 11.1 Å². The Morgan fingerprint density at radius 2 is 1.83 bits per heavy atom. The lowest BCUT2D eigenvalue weighted by Crippen LogP contribution is -2.47. The van der Waals surface area contributed by atoms with Crippen molar-refractivity contribution in [3.8, 4) is 5.75 Å². The number of nitrogens with zero attached hydrogens (tertiary/aromatic N) is 3. The monoisotopic (exact) mass is 604 g/mol. The van der Waals surface area contributed by atoms with Gasteiger partial charge in [-0.1, -0.05) is 55.8 Å². The lowest BCUT2D eigenvalue weighted by atomic mass is 9.74. The second-order valence-electron chi connectivity index (χ2n) is 9.96. The van der Waals surface area contributed by atoms with E-state index in [1.54, 1.807) is 30.3 Å². The van der Waals surface area contributed by atoms with E-state index >= 15 is 0 Å². The Balaban J connectivity index is 0.00000198. The van der Waals surface area contributed by atoms with Crippen LogP contribution < -0.4 is 15.0 Å². The normalized spacial score (nSPS) is 16.2. The van der Waals surface area contributed by atoms with Gasteiger partial charge in [0.2, 0.25) is 0 Å². The molecule has 6 nitrogen and oxygen atoms in total. The summed E-state index contributed by atoms with van der Waals surface area (Å²) >= 11 is 5.94. The van der Waals surface area contributed by atoms with Gasteiger partial charge < -0.3 is 10.1 Å². The Morgan fingerprint density at radius 1 is 1.12 bits per heavy atom. The fourth-order valence-corrected chi connectivity index (χ4v) is 5.64. The van der Waals surface area contributed by atoms with E-state index in [-0.39, 0.29) is 24.7 Å². The number of rotatable bonds is 6. The summed E-state index contributed by atoms with van der Waals surface area (Å²) in [7, 11) is 0. The maximum Gasteiger partial charge on any atom is 0.573 e. The van der Waals surface area contributed by atoms with E-state index in [9.17, 15) is 22.4 Å². The van der Waals surface area contributed by atoms with Gasteiger partial charge in [0, 0.05) is 36.8 Å². The van der Waals surface area contributed by atoms with Crippen LogP contribution in [0.2, 0.25) is 5.15 Å². The summed E-state index contributed by atoms with van der Waals surface area (Å²) < 4.78 is 57.7. The third kappa shape index (κ3) is 7.60. The second-order valence-corrected chi connectivity index (χ2v) is 10.4. The average molecular weight is 605 g/mol. The van der Waals surface area contributed by atoms with Crippen molar-refractivity contribution in [3.63, 3.8) is 0 Å². The molecule has 1 aromatic heterocycles. The summed E-state index contributed by atoms with van der Waals surface area (Å²) in [4.78, 5) is 20.9. The van der Waals surface area contributed by atoms with Crippen molar-refractivity contribution in [3.05, 3.63) is 94.5 Å². The molecule has 42 heavy (non-hydrogen) atoms. The number of likely N-dealkylation sites (tertiary alicyclic amines) is 1. The predicted molar refractivity (Wildman–Crippen MR) is 156 cm³/mol. The van der Waals surface area contributed by atoms with E-state index in [2.05, 4.69) is 19.9 Å². The van der Waals surface area contributed by atoms with Crippen molar-refractivity contribution in [2.24, 2.45) is 0 Å². The number of hydrogen-bond acceptors (Lipinski definition) is 4. The third-order valence-corrected chi connectivity index (χ3v) is 7.56. The van der Waals surface area contributed by atoms with E-state index in [4.69, 9.17) is 11.6 Å². The van der Waals surface area contributed by atoms with Crippen LogP contribution in [0.5, 0.6) is 5.75 Å². The van der Waals surface area contributed by atoms with Gasteiger partial charge >= 0.3 is 12.4 Å². The number of piperidine rings is 1. The maximum atomic E-state index is 13.4. The Morgan fingerprint density at radius 3 is 2.50 bits per heavy atom. The zero-order chi connectivity index (χ0) is 30.3. The number of pyridine rings is 1. The van der Waals surface area contributed by atoms with Gasteiger partial charge in [-0.15, -0.1) is 13.2 Å². The molecule has 224 valence electrons. The highest BCUT2D eigenvalue weighted by atomic mass is 35.5. The molecule has 0 atom stereocenters. The smallest absolute Gasteiger partial charge is 0.405 e. The van der Waals surface area contributed by atoms with Crippen LogP contribution in [-0.2, 0) is 12.0 Å². The van der Waals surface area contributed by atoms with Crippen LogP contribution in [0.25, 0.3) is 6.08 Å². The zero-order valence-corrected chi connectivity index (χ0v) is 24.2. The lowest BCUT2D eigenvalue weighted by molar-refractivity contribution is -0.275. The number of aromatic nitrogens is 1. The molecule has 3 aromatic rings. The Labute approximate surface area is 247 Å². The Bertz CT molecular complexity index is 1390. The molecule has 1 N–H and O–H groups in total. The number of carbonyl (C=O) groups excluding carboxylic acids is 1. The number of alkyl halides is 3. The molecule has 1 spiro atoms. The molecule has 0 bridgehead atoms. The Hall–Kier alpha value is -3.63. The summed E-state index contributed by atoms with van der Waals surface area (Å²) in [5, 5.41) is 3.15. The van der Waals surface area contributed by atoms with Gasteiger partial charge in [-0.2, -0.15) is 0 Å². The van der Waals surface area contributed by atoms with Crippen molar-refractivity contribution in [2.45, 2.75) is 45.0 Å². The molecule has 1 saturated heterocycles. The predicted octanol–water partition coefficient (Wildman–Crippen LogP) is 7.58. The van der Waals surface area contributed by atoms with Gasteiger partial charge in [0.25, 0.3) is 0 Å². The number of fused-ring (bicyclic) bond motifs is 2. The van der Waals surface area contributed by atoms with Gasteiger partial charge in [0.15, 0.2) is 0 Å². The molecule has 2 aliphatic heterocycles. The van der Waals surface area contributed by atoms with E-state index in [1.807, 2.05) is 26.0 Å². The number of carbonyl (C=O) groups is 1. The van der Waals surface area contributed by atoms with E-state index in [1.165, 1.54) is 35.4 Å². The minimum Gasteiger partial charge on any atom is -0.405 e. The first-order chi connectivity index (χ1) is 20.1. The van der Waals surface area contributed by atoms with Crippen LogP contribution in [0, 0.1) is 5.82 Å². The van der Waals surface area contributed by atoms with Crippen LogP contribution in [0.4, 0.5) is 28.0 Å². The molecule has 0 radical (unpaired) electrons. The summed E-state index contributed by atoms with van der Waals surface area (Å²) in [6.07, 6.45) is 1.66. The second kappa shape index (κ2) is 13.6. The lowest BCUT2D eigenvalue weighted by Gasteiger charge is -2.40. The molecule has 2 aliphatic rings. The maximum absolute atomic E-state index is 13.4. The summed E-state index contributed by atoms with van der Waals surface area (Å²) in [5.74, 6) is -0.570. The van der Waals surface area contributed by atoms with Gasteiger partial charge in [-0.25, -0.2) is 14.2 Å². The first kappa shape index (κ1) is 31.3. The summed E-state index contributed by atoms with van der Waals surface area (Å²) in [5.41, 5.74) is 1.77. The molecular weight excluding hydrogens is 572 g/mol. The van der Waals surface area contributed by atoms with Crippen molar-refractivity contribution in [2.75, 3.05) is 31.1 Å². The van der Waals surface area contributed by atoms with Crippen LogP contribution in [-0.4, -0.2) is 48.5 Å². The third-order valence-electron chi connectivity index (χ3n) is 7.35. The van der Waals surface area contributed by atoms with Crippen molar-refractivity contribution in [1.29, 1.82) is 0 Å². The number of ether oxygens (including phenoxy) is 1. The quantitative estimate of drug-likeness (QED) is 0.233. The molecule has 11 heteroatoms. The minimum absolute atomic E-state index is 0.187. The van der Waals surface area contributed by atoms with Gasteiger partial charge in [-0.05, 0) is 73.5 Å². The number of amides is 2. The highest BCUT2D eigenvalue weighted by Gasteiger charge is 2.49. The fraction of sp³-hybridized carbons (Fsp3) is 0.355. The van der Waals surface area contributed by atoms with Crippen LogP contribution >= 0.6 is 11.6 Å². The number of halogens is 5. The van der Waals surface area contributed by atoms with Crippen molar-refractivity contribution in [1.82, 2.24) is 15.2 Å². The highest BCUT2D eigenvalue weighted by molar-refractivity contribution is 6.29. The number of anilines is 1. The van der Waals surface area contributed by atoms with Crippen LogP contribution in [0.15, 0.2) is 66.9 Å².